The van der Waals surface area contributed by atoms with Crippen LogP contribution in [0, 0.1) is 0 Å². The van der Waals surface area contributed by atoms with Crippen molar-refractivity contribution >= 4 is 11.9 Å². The van der Waals surface area contributed by atoms with E-state index < -0.39 is 5.97 Å². The summed E-state index contributed by atoms with van der Waals surface area (Å²) in [6, 6.07) is 0.261. The Labute approximate surface area is 89.4 Å². The van der Waals surface area contributed by atoms with Crippen LogP contribution < -0.4 is 5.32 Å². The lowest BCUT2D eigenvalue weighted by Gasteiger charge is -2.11. The van der Waals surface area contributed by atoms with Crippen molar-refractivity contribution in [2.45, 2.75) is 44.6 Å². The van der Waals surface area contributed by atoms with Gasteiger partial charge in [0.15, 0.2) is 0 Å². The maximum Gasteiger partial charge on any atom is 0.303 e. The third-order valence-corrected chi connectivity index (χ3v) is 2.42. The molecule has 2 N–H and O–H groups in total. The molecule has 0 aromatic rings. The quantitative estimate of drug-likeness (QED) is 0.516. The molecule has 0 bridgehead atoms. The highest BCUT2D eigenvalue weighted by atomic mass is 16.4. The van der Waals surface area contributed by atoms with Crippen LogP contribution in [0.15, 0.2) is 12.2 Å². The number of carboxylic acid groups (broad SMARTS) is 1. The first-order valence-electron chi connectivity index (χ1n) is 5.34. The van der Waals surface area contributed by atoms with Gasteiger partial charge in [-0.25, -0.2) is 0 Å². The second kappa shape index (κ2) is 6.22. The molecule has 4 nitrogen and oxygen atoms in total. The number of hydrogen-bond donors (Lipinski definition) is 2. The summed E-state index contributed by atoms with van der Waals surface area (Å²) in [5.74, 6) is -0.760. The van der Waals surface area contributed by atoms with E-state index in [9.17, 15) is 9.59 Å². The molecule has 1 rings (SSSR count). The van der Waals surface area contributed by atoms with Crippen molar-refractivity contribution in [2.75, 3.05) is 0 Å². The molecule has 0 spiro atoms. The first kappa shape index (κ1) is 11.8. The Balaban J connectivity index is 2.01. The van der Waals surface area contributed by atoms with Crippen LogP contribution in [0.2, 0.25) is 0 Å². The second-order valence-corrected chi connectivity index (χ2v) is 3.81. The number of aliphatic carboxylic acids is 1. The van der Waals surface area contributed by atoms with E-state index in [0.29, 0.717) is 19.3 Å². The molecule has 1 aliphatic rings. The predicted octanol–water partition coefficient (Wildman–Crippen LogP) is 1.47. The molecule has 4 heteroatoms. The number of carbonyl (C=O) groups excluding carboxylic acids is 1. The minimum atomic E-state index is -0.796. The van der Waals surface area contributed by atoms with Crippen molar-refractivity contribution in [3.63, 3.8) is 0 Å². The van der Waals surface area contributed by atoms with Gasteiger partial charge in [-0.05, 0) is 25.7 Å². The topological polar surface area (TPSA) is 66.4 Å². The van der Waals surface area contributed by atoms with E-state index in [-0.39, 0.29) is 18.4 Å². The molecule has 84 valence electrons. The Morgan fingerprint density at radius 1 is 1.20 bits per heavy atom. The fourth-order valence-electron chi connectivity index (χ4n) is 1.60. The summed E-state index contributed by atoms with van der Waals surface area (Å²) in [5.41, 5.74) is 0. The van der Waals surface area contributed by atoms with E-state index in [0.717, 1.165) is 12.8 Å². The average molecular weight is 211 g/mol. The number of carbonyl (C=O) groups is 2. The van der Waals surface area contributed by atoms with Crippen LogP contribution in [0.5, 0.6) is 0 Å². The number of hydrogen-bond acceptors (Lipinski definition) is 2. The first-order chi connectivity index (χ1) is 7.18. The molecule has 0 radical (unpaired) electrons. The third-order valence-electron chi connectivity index (χ3n) is 2.42. The summed E-state index contributed by atoms with van der Waals surface area (Å²) < 4.78 is 0. The Morgan fingerprint density at radius 2 is 1.80 bits per heavy atom. The van der Waals surface area contributed by atoms with Crippen LogP contribution in [0.1, 0.15) is 38.5 Å². The van der Waals surface area contributed by atoms with Gasteiger partial charge in [0.2, 0.25) is 5.91 Å². The molecule has 0 heterocycles. The van der Waals surface area contributed by atoms with E-state index in [1.165, 1.54) is 0 Å². The van der Waals surface area contributed by atoms with Crippen LogP contribution in [-0.4, -0.2) is 23.0 Å². The lowest BCUT2D eigenvalue weighted by molar-refractivity contribution is -0.137. The van der Waals surface area contributed by atoms with Crippen LogP contribution >= 0.6 is 0 Å². The summed E-state index contributed by atoms with van der Waals surface area (Å²) in [5, 5.41) is 11.3. The van der Waals surface area contributed by atoms with E-state index in [1.807, 2.05) is 0 Å². The zero-order valence-electron chi connectivity index (χ0n) is 8.74. The molecule has 0 unspecified atom stereocenters. The first-order valence-corrected chi connectivity index (χ1v) is 5.34. The van der Waals surface area contributed by atoms with Gasteiger partial charge in [-0.15, -0.1) is 0 Å². The van der Waals surface area contributed by atoms with Crippen molar-refractivity contribution in [2.24, 2.45) is 0 Å². The summed E-state index contributed by atoms with van der Waals surface area (Å²) in [4.78, 5) is 21.6. The van der Waals surface area contributed by atoms with Crippen molar-refractivity contribution in [3.05, 3.63) is 12.2 Å². The molecule has 1 aliphatic carbocycles. The maximum absolute atomic E-state index is 11.4. The van der Waals surface area contributed by atoms with Crippen LogP contribution in [0.3, 0.4) is 0 Å². The zero-order valence-corrected chi connectivity index (χ0v) is 8.74. The van der Waals surface area contributed by atoms with Gasteiger partial charge in [0.25, 0.3) is 0 Å². The Kier molecular flexibility index (Phi) is 4.87. The summed E-state index contributed by atoms with van der Waals surface area (Å²) >= 11 is 0. The van der Waals surface area contributed by atoms with Gasteiger partial charge in [-0.3, -0.25) is 9.59 Å². The highest BCUT2D eigenvalue weighted by Crippen LogP contribution is 2.09. The highest BCUT2D eigenvalue weighted by Gasteiger charge is 2.12. The van der Waals surface area contributed by atoms with Crippen molar-refractivity contribution in [3.8, 4) is 0 Å². The van der Waals surface area contributed by atoms with Gasteiger partial charge >= 0.3 is 5.97 Å². The zero-order chi connectivity index (χ0) is 11.1. The van der Waals surface area contributed by atoms with Gasteiger partial charge in [0.05, 0.1) is 0 Å². The van der Waals surface area contributed by atoms with E-state index in [2.05, 4.69) is 17.5 Å². The average Bonchev–Trinajstić information content (AvgIpc) is 2.64. The second-order valence-electron chi connectivity index (χ2n) is 3.81. The van der Waals surface area contributed by atoms with E-state index in [1.54, 1.807) is 0 Å². The number of rotatable bonds is 6. The monoisotopic (exact) mass is 211 g/mol. The highest BCUT2D eigenvalue weighted by molar-refractivity contribution is 5.76. The van der Waals surface area contributed by atoms with Crippen molar-refractivity contribution in [1.82, 2.24) is 5.32 Å². The normalized spacial score (nSPS) is 15.5. The van der Waals surface area contributed by atoms with E-state index >= 15 is 0 Å². The molecule has 0 atom stereocenters. The van der Waals surface area contributed by atoms with Crippen molar-refractivity contribution < 1.29 is 14.7 Å². The van der Waals surface area contributed by atoms with Crippen LogP contribution in [0.25, 0.3) is 0 Å². The lowest BCUT2D eigenvalue weighted by atomic mass is 10.1. The summed E-state index contributed by atoms with van der Waals surface area (Å²) in [7, 11) is 0. The van der Waals surface area contributed by atoms with Gasteiger partial charge < -0.3 is 10.4 Å². The Morgan fingerprint density at radius 3 is 2.40 bits per heavy atom. The van der Waals surface area contributed by atoms with Gasteiger partial charge in [0.1, 0.15) is 0 Å². The largest absolute Gasteiger partial charge is 0.481 e. The number of unbranched alkanes of at least 4 members (excludes halogenated alkanes) is 1. The third kappa shape index (κ3) is 5.20. The fourth-order valence-corrected chi connectivity index (χ4v) is 1.60. The number of amides is 1. The minimum absolute atomic E-state index is 0.0362. The van der Waals surface area contributed by atoms with Crippen LogP contribution in [0.4, 0.5) is 0 Å². The molecule has 0 aromatic heterocycles. The lowest BCUT2D eigenvalue weighted by Crippen LogP contribution is -2.32. The smallest absolute Gasteiger partial charge is 0.303 e. The predicted molar refractivity (Wildman–Crippen MR) is 56.4 cm³/mol. The molecular weight excluding hydrogens is 194 g/mol. The number of carboxylic acids is 1. The van der Waals surface area contributed by atoms with Gasteiger partial charge in [0, 0.05) is 18.9 Å². The van der Waals surface area contributed by atoms with Gasteiger partial charge in [-0.2, -0.15) is 0 Å². The Bertz CT molecular complexity index is 253. The molecule has 0 aromatic carbocycles. The molecular formula is C11H17NO3. The molecule has 0 aliphatic heterocycles. The maximum atomic E-state index is 11.4. The SMILES string of the molecule is O=C(O)CCCCC(=O)NC1CC=CC1. The standard InChI is InChI=1S/C11H17NO3/c13-10(7-3-4-8-11(14)15)12-9-5-1-2-6-9/h1-2,9H,3-8H2,(H,12,13)(H,14,15). The molecule has 15 heavy (non-hydrogen) atoms. The molecule has 1 amide bonds. The van der Waals surface area contributed by atoms with Gasteiger partial charge in [-0.1, -0.05) is 12.2 Å². The number of nitrogens with one attached hydrogen (secondary N) is 1. The minimum Gasteiger partial charge on any atom is -0.481 e. The molecule has 0 saturated carbocycles. The van der Waals surface area contributed by atoms with Crippen molar-refractivity contribution in [1.29, 1.82) is 0 Å². The Hall–Kier alpha value is -1.32. The summed E-state index contributed by atoms with van der Waals surface area (Å²) in [6.45, 7) is 0. The fraction of sp³-hybridized carbons (Fsp3) is 0.636. The van der Waals surface area contributed by atoms with E-state index in [4.69, 9.17) is 5.11 Å². The molecule has 0 fully saturated rings. The summed E-state index contributed by atoms with van der Waals surface area (Å²) in [6.07, 6.45) is 7.78. The van der Waals surface area contributed by atoms with Crippen LogP contribution in [-0.2, 0) is 9.59 Å². The molecule has 0 saturated heterocycles.